The van der Waals surface area contributed by atoms with Crippen LogP contribution in [0.15, 0.2) is 29.3 Å². The van der Waals surface area contributed by atoms with Gasteiger partial charge in [-0.1, -0.05) is 11.6 Å². The van der Waals surface area contributed by atoms with E-state index in [0.29, 0.717) is 6.07 Å². The summed E-state index contributed by atoms with van der Waals surface area (Å²) >= 11 is 5.82. The van der Waals surface area contributed by atoms with E-state index in [1.807, 2.05) is 13.8 Å². The van der Waals surface area contributed by atoms with Crippen LogP contribution in [0.4, 0.5) is 18.9 Å². The zero-order chi connectivity index (χ0) is 18.3. The van der Waals surface area contributed by atoms with Gasteiger partial charge in [-0.15, -0.1) is 0 Å². The van der Waals surface area contributed by atoms with E-state index in [2.05, 4.69) is 9.82 Å². The highest BCUT2D eigenvalue weighted by Gasteiger charge is 2.31. The first-order chi connectivity index (χ1) is 10.9. The lowest BCUT2D eigenvalue weighted by Gasteiger charge is -2.12. The Labute approximate surface area is 142 Å². The summed E-state index contributed by atoms with van der Waals surface area (Å²) in [6, 6.07) is 2.36. The molecule has 0 saturated carbocycles. The largest absolute Gasteiger partial charge is 0.416 e. The smallest absolute Gasteiger partial charge is 0.278 e. The summed E-state index contributed by atoms with van der Waals surface area (Å²) in [5.74, 6) is 0. The van der Waals surface area contributed by atoms with E-state index in [-0.39, 0.29) is 27.3 Å². The first kappa shape index (κ1) is 18.6. The van der Waals surface area contributed by atoms with Crippen molar-refractivity contribution in [2.24, 2.45) is 0 Å². The molecule has 0 saturated heterocycles. The van der Waals surface area contributed by atoms with Gasteiger partial charge in [-0.2, -0.15) is 18.3 Å². The number of aromatic nitrogens is 2. The fraction of sp³-hybridized carbons (Fsp3) is 0.357. The topological polar surface area (TPSA) is 64.0 Å². The normalized spacial score (nSPS) is 12.7. The molecule has 0 unspecified atom stereocenters. The maximum absolute atomic E-state index is 12.8. The van der Waals surface area contributed by atoms with Crippen molar-refractivity contribution in [3.63, 3.8) is 0 Å². The van der Waals surface area contributed by atoms with Crippen LogP contribution in [0, 0.1) is 6.92 Å². The molecule has 0 aliphatic rings. The van der Waals surface area contributed by atoms with Gasteiger partial charge in [0, 0.05) is 12.2 Å². The lowest BCUT2D eigenvalue weighted by Crippen LogP contribution is -2.15. The van der Waals surface area contributed by atoms with E-state index in [1.165, 1.54) is 17.8 Å². The summed E-state index contributed by atoms with van der Waals surface area (Å²) in [4.78, 5) is -0.121. The fourth-order valence-electron chi connectivity index (χ4n) is 1.97. The number of benzene rings is 1. The number of sulfonamides is 1. The summed E-state index contributed by atoms with van der Waals surface area (Å²) in [6.07, 6.45) is -3.28. The van der Waals surface area contributed by atoms with Crippen LogP contribution in [-0.4, -0.2) is 18.2 Å². The predicted octanol–water partition coefficient (Wildman–Crippen LogP) is 4.25. The highest BCUT2D eigenvalue weighted by atomic mass is 35.5. The number of alkyl halides is 3. The average molecular weight is 382 g/mol. The Morgan fingerprint density at radius 1 is 1.29 bits per heavy atom. The standard InChI is InChI=1S/C14H15ClF3N3O2S/c1-8(2)21-7-13(9(3)19-21)24(22,23)20-12-6-10(14(16,17)18)4-5-11(12)15/h4-8,20H,1-3H3. The number of anilines is 1. The van der Waals surface area contributed by atoms with Crippen LogP contribution in [0.5, 0.6) is 0 Å². The molecule has 0 atom stereocenters. The minimum atomic E-state index is -4.61. The second-order valence-electron chi connectivity index (χ2n) is 5.45. The van der Waals surface area contributed by atoms with Crippen LogP contribution in [0.3, 0.4) is 0 Å². The molecular formula is C14H15ClF3N3O2S. The highest BCUT2D eigenvalue weighted by Crippen LogP contribution is 2.34. The van der Waals surface area contributed by atoms with Crippen molar-refractivity contribution in [1.29, 1.82) is 0 Å². The SMILES string of the molecule is Cc1nn(C(C)C)cc1S(=O)(=O)Nc1cc(C(F)(F)F)ccc1Cl. The molecule has 1 heterocycles. The van der Waals surface area contributed by atoms with Gasteiger partial charge in [-0.3, -0.25) is 9.40 Å². The zero-order valence-electron chi connectivity index (χ0n) is 13.0. The fourth-order valence-corrected chi connectivity index (χ4v) is 3.44. The molecular weight excluding hydrogens is 367 g/mol. The van der Waals surface area contributed by atoms with Gasteiger partial charge in [0.2, 0.25) is 0 Å². The van der Waals surface area contributed by atoms with Gasteiger partial charge in [0.05, 0.1) is 22.0 Å². The van der Waals surface area contributed by atoms with Crippen molar-refractivity contribution in [1.82, 2.24) is 9.78 Å². The number of hydrogen-bond acceptors (Lipinski definition) is 3. The van der Waals surface area contributed by atoms with Crippen molar-refractivity contribution in [3.8, 4) is 0 Å². The molecule has 1 aromatic heterocycles. The lowest BCUT2D eigenvalue weighted by molar-refractivity contribution is -0.137. The molecule has 0 spiro atoms. The monoisotopic (exact) mass is 381 g/mol. The molecule has 132 valence electrons. The van der Waals surface area contributed by atoms with Gasteiger partial charge < -0.3 is 0 Å². The Morgan fingerprint density at radius 2 is 1.92 bits per heavy atom. The number of halogens is 4. The predicted molar refractivity (Wildman–Crippen MR) is 84.6 cm³/mol. The highest BCUT2D eigenvalue weighted by molar-refractivity contribution is 7.92. The first-order valence-corrected chi connectivity index (χ1v) is 8.73. The molecule has 2 rings (SSSR count). The van der Waals surface area contributed by atoms with Crippen LogP contribution in [-0.2, 0) is 16.2 Å². The van der Waals surface area contributed by atoms with Gasteiger partial charge in [0.1, 0.15) is 4.90 Å². The van der Waals surface area contributed by atoms with Crippen molar-refractivity contribution in [2.45, 2.75) is 37.9 Å². The summed E-state index contributed by atoms with van der Waals surface area (Å²) in [6.45, 7) is 5.14. The first-order valence-electron chi connectivity index (χ1n) is 6.87. The summed E-state index contributed by atoms with van der Waals surface area (Å²) in [5.41, 5.74) is -1.11. The van der Waals surface area contributed by atoms with Crippen molar-refractivity contribution in [3.05, 3.63) is 40.7 Å². The Morgan fingerprint density at radius 3 is 2.42 bits per heavy atom. The molecule has 0 fully saturated rings. The second kappa shape index (κ2) is 6.29. The number of hydrogen-bond donors (Lipinski definition) is 1. The maximum Gasteiger partial charge on any atom is 0.416 e. The quantitative estimate of drug-likeness (QED) is 0.861. The third-order valence-corrected chi connectivity index (χ3v) is 5.03. The maximum atomic E-state index is 12.8. The van der Waals surface area contributed by atoms with E-state index in [0.717, 1.165) is 12.1 Å². The van der Waals surface area contributed by atoms with Gasteiger partial charge in [-0.05, 0) is 39.0 Å². The van der Waals surface area contributed by atoms with Gasteiger partial charge in [0.25, 0.3) is 10.0 Å². The molecule has 0 amide bonds. The van der Waals surface area contributed by atoms with E-state index in [9.17, 15) is 21.6 Å². The molecule has 1 aromatic carbocycles. The Hall–Kier alpha value is -1.74. The number of nitrogens with zero attached hydrogens (tertiary/aromatic N) is 2. The van der Waals surface area contributed by atoms with Crippen molar-refractivity contribution in [2.75, 3.05) is 4.72 Å². The summed E-state index contributed by atoms with van der Waals surface area (Å²) in [7, 11) is -4.13. The van der Waals surface area contributed by atoms with Gasteiger partial charge >= 0.3 is 6.18 Å². The second-order valence-corrected chi connectivity index (χ2v) is 7.51. The zero-order valence-corrected chi connectivity index (χ0v) is 14.6. The minimum absolute atomic E-state index is 0.0650. The molecule has 0 aliphatic heterocycles. The van der Waals surface area contributed by atoms with Gasteiger partial charge in [-0.25, -0.2) is 8.42 Å². The minimum Gasteiger partial charge on any atom is -0.278 e. The average Bonchev–Trinajstić information content (AvgIpc) is 2.83. The molecule has 10 heteroatoms. The molecule has 0 aliphatic carbocycles. The van der Waals surface area contributed by atoms with E-state index < -0.39 is 21.8 Å². The van der Waals surface area contributed by atoms with Crippen LogP contribution in [0.2, 0.25) is 5.02 Å². The van der Waals surface area contributed by atoms with E-state index in [4.69, 9.17) is 11.6 Å². The molecule has 5 nitrogen and oxygen atoms in total. The molecule has 0 radical (unpaired) electrons. The summed E-state index contributed by atoms with van der Waals surface area (Å²) < 4.78 is 66.8. The molecule has 0 bridgehead atoms. The van der Waals surface area contributed by atoms with Crippen LogP contribution in [0.25, 0.3) is 0 Å². The summed E-state index contributed by atoms with van der Waals surface area (Å²) in [5, 5.41) is 3.94. The van der Waals surface area contributed by atoms with E-state index >= 15 is 0 Å². The third kappa shape index (κ3) is 3.84. The lowest BCUT2D eigenvalue weighted by atomic mass is 10.2. The molecule has 1 N–H and O–H groups in total. The van der Waals surface area contributed by atoms with Gasteiger partial charge in [0.15, 0.2) is 0 Å². The Kier molecular flexibility index (Phi) is 4.87. The van der Waals surface area contributed by atoms with Crippen LogP contribution >= 0.6 is 11.6 Å². The number of aryl methyl sites for hydroxylation is 1. The molecule has 24 heavy (non-hydrogen) atoms. The van der Waals surface area contributed by atoms with Crippen LogP contribution in [0.1, 0.15) is 31.1 Å². The Bertz CT molecular complexity index is 861. The third-order valence-electron chi connectivity index (χ3n) is 3.23. The van der Waals surface area contributed by atoms with E-state index in [1.54, 1.807) is 0 Å². The van der Waals surface area contributed by atoms with Crippen molar-refractivity contribution < 1.29 is 21.6 Å². The molecule has 2 aromatic rings. The number of rotatable bonds is 4. The van der Waals surface area contributed by atoms with Crippen LogP contribution < -0.4 is 4.72 Å². The van der Waals surface area contributed by atoms with Crippen molar-refractivity contribution >= 4 is 27.3 Å². The number of nitrogens with one attached hydrogen (secondary N) is 1. The Balaban J connectivity index is 2.43.